The highest BCUT2D eigenvalue weighted by Crippen LogP contribution is 2.58. The normalized spacial score (nSPS) is 28.1. The fourth-order valence-corrected chi connectivity index (χ4v) is 4.68. The molecule has 1 N–H and O–H groups in total. The maximum absolute atomic E-state index is 12.4. The Morgan fingerprint density at radius 1 is 1.15 bits per heavy atom. The molecule has 1 heterocycles. The zero-order chi connectivity index (χ0) is 13.5. The van der Waals surface area contributed by atoms with Crippen molar-refractivity contribution in [2.24, 2.45) is 0 Å². The van der Waals surface area contributed by atoms with Crippen molar-refractivity contribution < 1.29 is 4.79 Å². The summed E-state index contributed by atoms with van der Waals surface area (Å²) < 4.78 is 0. The van der Waals surface area contributed by atoms with E-state index >= 15 is 0 Å². The lowest BCUT2D eigenvalue weighted by Crippen LogP contribution is -2.47. The maximum Gasteiger partial charge on any atom is 0.254 e. The number of nitrogens with one attached hydrogen (secondary N) is 1. The highest BCUT2D eigenvalue weighted by atomic mass is 35.5. The third kappa shape index (κ3) is 0.999. The van der Waals surface area contributed by atoms with Gasteiger partial charge in [0, 0.05) is 11.5 Å². The van der Waals surface area contributed by atoms with E-state index in [4.69, 9.17) is 11.6 Å². The van der Waals surface area contributed by atoms with Crippen molar-refractivity contribution in [3.8, 4) is 0 Å². The molecule has 2 bridgehead atoms. The van der Waals surface area contributed by atoms with E-state index in [0.29, 0.717) is 16.5 Å². The summed E-state index contributed by atoms with van der Waals surface area (Å²) in [6.07, 6.45) is 2.06. The molecule has 1 spiro atoms. The molecule has 98 valence electrons. The van der Waals surface area contributed by atoms with Crippen molar-refractivity contribution >= 4 is 17.5 Å². The molecule has 2 nitrogen and oxygen atoms in total. The van der Waals surface area contributed by atoms with Crippen molar-refractivity contribution in [1.82, 2.24) is 5.32 Å². The Balaban J connectivity index is 1.97. The first-order valence-electron chi connectivity index (χ1n) is 6.97. The maximum atomic E-state index is 12.4. The molecule has 20 heavy (non-hydrogen) atoms. The summed E-state index contributed by atoms with van der Waals surface area (Å²) in [5, 5.41) is 3.81. The molecule has 0 aromatic heterocycles. The van der Waals surface area contributed by atoms with Gasteiger partial charge in [0.1, 0.15) is 0 Å². The molecule has 0 radical (unpaired) electrons. The van der Waals surface area contributed by atoms with Crippen LogP contribution in [0.15, 0.2) is 36.4 Å². The third-order valence-electron chi connectivity index (χ3n) is 5.15. The summed E-state index contributed by atoms with van der Waals surface area (Å²) in [6.45, 7) is 0. The fourth-order valence-electron chi connectivity index (χ4n) is 4.44. The number of fused-ring (bicyclic) bond motifs is 1. The number of carbonyl (C=O) groups is 1. The molecule has 2 unspecified atom stereocenters. The van der Waals surface area contributed by atoms with Gasteiger partial charge in [-0.15, -0.1) is 0 Å². The van der Waals surface area contributed by atoms with Gasteiger partial charge in [-0.2, -0.15) is 0 Å². The SMILES string of the molecule is O=C1NC23CCC(c4ccccc42)c2ccc(Cl)c1c23. The topological polar surface area (TPSA) is 29.1 Å². The third-order valence-corrected chi connectivity index (χ3v) is 5.46. The van der Waals surface area contributed by atoms with Crippen LogP contribution in [0.4, 0.5) is 0 Å². The van der Waals surface area contributed by atoms with Gasteiger partial charge >= 0.3 is 0 Å². The monoisotopic (exact) mass is 281 g/mol. The van der Waals surface area contributed by atoms with Crippen LogP contribution >= 0.6 is 11.6 Å². The van der Waals surface area contributed by atoms with Gasteiger partial charge in [0.15, 0.2) is 0 Å². The summed E-state index contributed by atoms with van der Waals surface area (Å²) in [4.78, 5) is 12.4. The van der Waals surface area contributed by atoms with E-state index in [9.17, 15) is 4.79 Å². The highest BCUT2D eigenvalue weighted by molar-refractivity contribution is 6.34. The first-order valence-corrected chi connectivity index (χ1v) is 7.35. The zero-order valence-electron chi connectivity index (χ0n) is 10.7. The van der Waals surface area contributed by atoms with Gasteiger partial charge in [0.25, 0.3) is 5.91 Å². The predicted molar refractivity (Wildman–Crippen MR) is 77.2 cm³/mol. The van der Waals surface area contributed by atoms with Crippen LogP contribution in [0.2, 0.25) is 5.02 Å². The van der Waals surface area contributed by atoms with Crippen LogP contribution < -0.4 is 5.32 Å². The molecular formula is C17H12ClNO. The number of carbonyl (C=O) groups excluding carboxylic acids is 1. The first-order chi connectivity index (χ1) is 9.72. The summed E-state index contributed by atoms with van der Waals surface area (Å²) in [7, 11) is 0. The molecule has 6 rings (SSSR count). The van der Waals surface area contributed by atoms with Crippen LogP contribution in [0, 0.1) is 0 Å². The van der Waals surface area contributed by atoms with Crippen LogP contribution in [0.1, 0.15) is 51.4 Å². The average molecular weight is 282 g/mol. The zero-order valence-corrected chi connectivity index (χ0v) is 11.5. The van der Waals surface area contributed by atoms with Gasteiger partial charge in [-0.1, -0.05) is 41.9 Å². The van der Waals surface area contributed by atoms with Crippen LogP contribution in [-0.2, 0) is 5.54 Å². The molecule has 2 aromatic carbocycles. The number of benzene rings is 2. The number of hydrogen-bond donors (Lipinski definition) is 1. The smallest absolute Gasteiger partial charge is 0.254 e. The minimum Gasteiger partial charge on any atom is -0.338 e. The number of halogens is 1. The van der Waals surface area contributed by atoms with E-state index in [0.717, 1.165) is 18.4 Å². The molecule has 1 amide bonds. The van der Waals surface area contributed by atoms with E-state index in [1.165, 1.54) is 16.7 Å². The summed E-state index contributed by atoms with van der Waals surface area (Å²) in [6, 6.07) is 12.5. The highest BCUT2D eigenvalue weighted by Gasteiger charge is 2.54. The molecule has 0 saturated carbocycles. The van der Waals surface area contributed by atoms with Gasteiger partial charge in [-0.05, 0) is 35.6 Å². The minimum atomic E-state index is -0.335. The quantitative estimate of drug-likeness (QED) is 0.786. The Hall–Kier alpha value is -1.80. The Bertz CT molecular complexity index is 798. The molecule has 1 aliphatic heterocycles. The van der Waals surface area contributed by atoms with Gasteiger partial charge in [-0.3, -0.25) is 4.79 Å². The largest absolute Gasteiger partial charge is 0.338 e. The van der Waals surface area contributed by atoms with Crippen molar-refractivity contribution in [2.45, 2.75) is 24.3 Å². The molecule has 0 saturated heterocycles. The summed E-state index contributed by atoms with van der Waals surface area (Å²) in [5.74, 6) is 0.385. The van der Waals surface area contributed by atoms with Crippen molar-refractivity contribution in [3.63, 3.8) is 0 Å². The van der Waals surface area contributed by atoms with Gasteiger partial charge in [-0.25, -0.2) is 0 Å². The molecule has 2 atom stereocenters. The van der Waals surface area contributed by atoms with Crippen molar-refractivity contribution in [3.05, 3.63) is 69.2 Å². The van der Waals surface area contributed by atoms with E-state index in [2.05, 4.69) is 35.6 Å². The Morgan fingerprint density at radius 3 is 2.90 bits per heavy atom. The first kappa shape index (κ1) is 10.9. The molecule has 3 heteroatoms. The molecule has 3 aliphatic carbocycles. The second kappa shape index (κ2) is 3.26. The second-order valence-electron chi connectivity index (χ2n) is 5.92. The van der Waals surface area contributed by atoms with Gasteiger partial charge in [0.05, 0.1) is 16.1 Å². The molecular weight excluding hydrogens is 270 g/mol. The van der Waals surface area contributed by atoms with Crippen LogP contribution in [0.25, 0.3) is 0 Å². The lowest BCUT2D eigenvalue weighted by Gasteiger charge is -2.46. The average Bonchev–Trinajstić information content (AvgIpc) is 2.78. The Kier molecular flexibility index (Phi) is 1.78. The minimum absolute atomic E-state index is 0.0239. The lowest BCUT2D eigenvalue weighted by atomic mass is 9.60. The van der Waals surface area contributed by atoms with Crippen molar-refractivity contribution in [2.75, 3.05) is 0 Å². The number of amides is 1. The van der Waals surface area contributed by atoms with Gasteiger partial charge in [0.2, 0.25) is 0 Å². The summed E-state index contributed by atoms with van der Waals surface area (Å²) in [5.41, 5.74) is 5.42. The van der Waals surface area contributed by atoms with Crippen LogP contribution in [0.3, 0.4) is 0 Å². The standard InChI is InChI=1S/C17H12ClNO/c18-13-6-5-11-9-7-8-17(12-4-2-1-3-10(9)12)15(11)14(13)16(20)19-17/h1-6,9H,7-8H2,(H,19,20). The van der Waals surface area contributed by atoms with E-state index in [1.54, 1.807) is 0 Å². The molecule has 2 aromatic rings. The van der Waals surface area contributed by atoms with Gasteiger partial charge < -0.3 is 5.32 Å². The van der Waals surface area contributed by atoms with E-state index < -0.39 is 0 Å². The Morgan fingerprint density at radius 2 is 2.00 bits per heavy atom. The fraction of sp³-hybridized carbons (Fsp3) is 0.235. The van der Waals surface area contributed by atoms with Crippen LogP contribution in [0.5, 0.6) is 0 Å². The second-order valence-corrected chi connectivity index (χ2v) is 6.33. The van der Waals surface area contributed by atoms with E-state index in [-0.39, 0.29) is 11.4 Å². The van der Waals surface area contributed by atoms with Crippen LogP contribution in [-0.4, -0.2) is 5.91 Å². The number of rotatable bonds is 0. The predicted octanol–water partition coefficient (Wildman–Crippen LogP) is 3.57. The summed E-state index contributed by atoms with van der Waals surface area (Å²) >= 11 is 6.28. The Labute approximate surface area is 121 Å². The van der Waals surface area contributed by atoms with E-state index in [1.807, 2.05) is 6.07 Å². The lowest BCUT2D eigenvalue weighted by molar-refractivity contribution is 0.0933. The molecule has 4 aliphatic rings. The number of hydrogen-bond acceptors (Lipinski definition) is 1. The molecule has 0 fully saturated rings. The van der Waals surface area contributed by atoms with Crippen molar-refractivity contribution in [1.29, 1.82) is 0 Å².